The fourth-order valence-electron chi connectivity index (χ4n) is 0.293. The molecule has 0 amide bonds. The molecule has 58 valence electrons. The molecule has 0 saturated carbocycles. The molecule has 0 spiro atoms. The summed E-state index contributed by atoms with van der Waals surface area (Å²) in [6.45, 7) is 7.87. The van der Waals surface area contributed by atoms with Crippen LogP contribution in [0.3, 0.4) is 0 Å². The summed E-state index contributed by atoms with van der Waals surface area (Å²) in [6, 6.07) is 0. The third-order valence-corrected chi connectivity index (χ3v) is 0.661. The van der Waals surface area contributed by atoms with Crippen LogP contribution in [0.2, 0.25) is 0 Å². The molecular formula is C7H15N3. The average Bonchev–Trinajstić information content (AvgIpc) is 1.59. The van der Waals surface area contributed by atoms with Gasteiger partial charge in [-0.05, 0) is 12.3 Å². The second-order valence-corrected chi connectivity index (χ2v) is 3.35. The molecule has 0 saturated heterocycles. The summed E-state index contributed by atoms with van der Waals surface area (Å²) in [5.74, 6) is 0.487. The largest absolute Gasteiger partial charge is 0.386 e. The maximum absolute atomic E-state index is 5.26. The lowest BCUT2D eigenvalue weighted by molar-refractivity contribution is 0.605. The summed E-state index contributed by atoms with van der Waals surface area (Å²) in [4.78, 5) is 0. The zero-order valence-electron chi connectivity index (χ0n) is 7.05. The van der Waals surface area contributed by atoms with E-state index >= 15 is 0 Å². The lowest BCUT2D eigenvalue weighted by atomic mass is 9.99. The Bertz CT molecular complexity index is 147. The van der Waals surface area contributed by atoms with Gasteiger partial charge in [0.15, 0.2) is 0 Å². The number of rotatable bonds is 1. The van der Waals surface area contributed by atoms with Crippen molar-refractivity contribution < 1.29 is 0 Å². The van der Waals surface area contributed by atoms with E-state index in [2.05, 4.69) is 31.0 Å². The summed E-state index contributed by atoms with van der Waals surface area (Å²) in [6.07, 6.45) is 1.77. The smallest absolute Gasteiger partial charge is 0.119 e. The van der Waals surface area contributed by atoms with Gasteiger partial charge >= 0.3 is 0 Å². The van der Waals surface area contributed by atoms with Crippen molar-refractivity contribution >= 4 is 12.1 Å². The molecule has 0 aromatic heterocycles. The molecule has 0 aliphatic rings. The van der Waals surface area contributed by atoms with Gasteiger partial charge in [0.25, 0.3) is 0 Å². The van der Waals surface area contributed by atoms with Crippen LogP contribution in [0.15, 0.2) is 10.2 Å². The second kappa shape index (κ2) is 3.34. The highest BCUT2D eigenvalue weighted by atomic mass is 15.2. The zero-order valence-corrected chi connectivity index (χ0v) is 7.05. The van der Waals surface area contributed by atoms with Gasteiger partial charge in [-0.2, -0.15) is 5.10 Å². The van der Waals surface area contributed by atoms with Gasteiger partial charge in [-0.3, -0.25) is 0 Å². The van der Waals surface area contributed by atoms with E-state index in [-0.39, 0.29) is 5.41 Å². The maximum atomic E-state index is 5.26. The molecule has 0 fully saturated rings. The van der Waals surface area contributed by atoms with E-state index in [1.165, 1.54) is 0 Å². The molecule has 0 aliphatic carbocycles. The molecule has 0 heterocycles. The van der Waals surface area contributed by atoms with Crippen LogP contribution < -0.4 is 5.73 Å². The Kier molecular flexibility index (Phi) is 3.06. The first-order chi connectivity index (χ1) is 4.42. The van der Waals surface area contributed by atoms with Crippen molar-refractivity contribution in [1.29, 1.82) is 0 Å². The van der Waals surface area contributed by atoms with Gasteiger partial charge in [0.05, 0.1) is 0 Å². The number of hydrogen-bond acceptors (Lipinski definition) is 2. The molecule has 2 N–H and O–H groups in total. The minimum atomic E-state index is 0.0823. The van der Waals surface area contributed by atoms with E-state index < -0.39 is 0 Å². The highest BCUT2D eigenvalue weighted by Crippen LogP contribution is 2.07. The van der Waals surface area contributed by atoms with E-state index in [1.54, 1.807) is 13.1 Å². The molecule has 0 atom stereocenters. The fourth-order valence-corrected chi connectivity index (χ4v) is 0.293. The van der Waals surface area contributed by atoms with Crippen molar-refractivity contribution in [2.75, 3.05) is 0 Å². The van der Waals surface area contributed by atoms with Gasteiger partial charge in [-0.25, -0.2) is 0 Å². The van der Waals surface area contributed by atoms with Gasteiger partial charge in [-0.1, -0.05) is 20.8 Å². The van der Waals surface area contributed by atoms with Crippen LogP contribution in [0.1, 0.15) is 27.7 Å². The van der Waals surface area contributed by atoms with Gasteiger partial charge < -0.3 is 5.73 Å². The van der Waals surface area contributed by atoms with Gasteiger partial charge in [0.2, 0.25) is 0 Å². The van der Waals surface area contributed by atoms with Gasteiger partial charge in [0.1, 0.15) is 5.84 Å². The van der Waals surface area contributed by atoms with Crippen molar-refractivity contribution in [1.82, 2.24) is 0 Å². The fraction of sp³-hybridized carbons (Fsp3) is 0.714. The number of nitrogens with zero attached hydrogens (tertiary/aromatic N) is 2. The topological polar surface area (TPSA) is 50.7 Å². The number of amidine groups is 1. The van der Waals surface area contributed by atoms with Crippen molar-refractivity contribution in [3.05, 3.63) is 0 Å². The summed E-state index contributed by atoms with van der Waals surface area (Å²) < 4.78 is 0. The third-order valence-electron chi connectivity index (χ3n) is 0.661. The molecular weight excluding hydrogens is 126 g/mol. The molecule has 0 aromatic rings. The van der Waals surface area contributed by atoms with Crippen LogP contribution in [0.5, 0.6) is 0 Å². The van der Waals surface area contributed by atoms with Crippen LogP contribution in [0.25, 0.3) is 0 Å². The quantitative estimate of drug-likeness (QED) is 0.335. The summed E-state index contributed by atoms with van der Waals surface area (Å²) in [7, 11) is 0. The Morgan fingerprint density at radius 1 is 1.40 bits per heavy atom. The second-order valence-electron chi connectivity index (χ2n) is 3.35. The normalized spacial score (nSPS) is 14.6. The molecule has 0 radical (unpaired) electrons. The van der Waals surface area contributed by atoms with Crippen molar-refractivity contribution in [2.45, 2.75) is 27.7 Å². The molecule has 3 heteroatoms. The molecule has 0 bridgehead atoms. The van der Waals surface area contributed by atoms with E-state index in [0.29, 0.717) is 5.84 Å². The van der Waals surface area contributed by atoms with E-state index in [0.717, 1.165) is 0 Å². The molecule has 0 rings (SSSR count). The first-order valence-corrected chi connectivity index (χ1v) is 3.26. The van der Waals surface area contributed by atoms with Crippen LogP contribution in [0, 0.1) is 5.41 Å². The lowest BCUT2D eigenvalue weighted by Gasteiger charge is -2.07. The monoisotopic (exact) mass is 141 g/mol. The zero-order chi connectivity index (χ0) is 8.20. The minimum absolute atomic E-state index is 0.0823. The van der Waals surface area contributed by atoms with E-state index in [9.17, 15) is 0 Å². The first-order valence-electron chi connectivity index (χ1n) is 3.26. The van der Waals surface area contributed by atoms with Crippen LogP contribution in [-0.4, -0.2) is 12.1 Å². The van der Waals surface area contributed by atoms with Crippen molar-refractivity contribution in [3.63, 3.8) is 0 Å². The van der Waals surface area contributed by atoms with Crippen molar-refractivity contribution in [2.24, 2.45) is 21.4 Å². The average molecular weight is 141 g/mol. The minimum Gasteiger partial charge on any atom is -0.386 e. The van der Waals surface area contributed by atoms with Crippen LogP contribution in [-0.2, 0) is 0 Å². The molecule has 0 unspecified atom stereocenters. The van der Waals surface area contributed by atoms with Crippen LogP contribution >= 0.6 is 0 Å². The summed E-state index contributed by atoms with van der Waals surface area (Å²) >= 11 is 0. The van der Waals surface area contributed by atoms with Gasteiger partial charge in [0, 0.05) is 6.21 Å². The highest BCUT2D eigenvalue weighted by molar-refractivity contribution is 5.78. The Hall–Kier alpha value is -0.860. The van der Waals surface area contributed by atoms with E-state index in [4.69, 9.17) is 5.73 Å². The van der Waals surface area contributed by atoms with Crippen LogP contribution in [0.4, 0.5) is 0 Å². The third kappa shape index (κ3) is 7.14. The molecule has 0 aliphatic heterocycles. The molecule has 10 heavy (non-hydrogen) atoms. The Balaban J connectivity index is 3.90. The van der Waals surface area contributed by atoms with Gasteiger partial charge in [-0.15, -0.1) is 5.10 Å². The molecule has 3 nitrogen and oxygen atoms in total. The van der Waals surface area contributed by atoms with E-state index in [1.807, 2.05) is 0 Å². The number of nitrogens with two attached hydrogens (primary N) is 1. The molecule has 0 aromatic carbocycles. The highest BCUT2D eigenvalue weighted by Gasteiger charge is 2.03. The first kappa shape index (κ1) is 9.14. The Morgan fingerprint density at radius 3 is 2.20 bits per heavy atom. The Labute approximate surface area is 62.0 Å². The summed E-state index contributed by atoms with van der Waals surface area (Å²) in [5.41, 5.74) is 5.34. The van der Waals surface area contributed by atoms with Crippen molar-refractivity contribution in [3.8, 4) is 0 Å². The standard InChI is InChI=1S/C7H15N3/c1-6(8)10-9-5-7(2,3)4/h5H,1-4H3,(H2,8,10)/b9-5+. The lowest BCUT2D eigenvalue weighted by Crippen LogP contribution is -2.07. The maximum Gasteiger partial charge on any atom is 0.119 e. The predicted molar refractivity (Wildman–Crippen MR) is 45.2 cm³/mol. The summed E-state index contributed by atoms with van der Waals surface area (Å²) in [5, 5.41) is 7.45. The number of hydrogen-bond donors (Lipinski definition) is 1. The Morgan fingerprint density at radius 2 is 1.90 bits per heavy atom. The SMILES string of the molecule is C/C(N)=N/N=C/C(C)(C)C. The predicted octanol–water partition coefficient (Wildman–Crippen LogP) is 1.40.